The van der Waals surface area contributed by atoms with Gasteiger partial charge in [0.05, 0.1) is 25.4 Å². The van der Waals surface area contributed by atoms with Gasteiger partial charge in [0.2, 0.25) is 5.91 Å². The molecular weight excluding hydrogens is 791 g/mol. The van der Waals surface area contributed by atoms with Gasteiger partial charge in [-0.3, -0.25) is 9.35 Å². The van der Waals surface area contributed by atoms with E-state index >= 15 is 0 Å². The summed E-state index contributed by atoms with van der Waals surface area (Å²) in [5.41, 5.74) is 0. The fourth-order valence-corrected chi connectivity index (χ4v) is 7.48. The van der Waals surface area contributed by atoms with E-state index in [4.69, 9.17) is 9.47 Å². The van der Waals surface area contributed by atoms with Crippen LogP contribution in [0.15, 0.2) is 48.6 Å². The zero-order valence-corrected chi connectivity index (χ0v) is 37.7. The lowest BCUT2D eigenvalue weighted by Gasteiger charge is -2.41. The Balaban J connectivity index is 2.63. The number of carbonyl (C=O) groups is 1. The summed E-state index contributed by atoms with van der Waals surface area (Å²) in [5.74, 6) is -0.723. The quantitative estimate of drug-likeness (QED) is 0.0180. The number of nitrogens with one attached hydrogen (secondary N) is 1. The molecule has 7 N–H and O–H groups in total. The van der Waals surface area contributed by atoms with Crippen molar-refractivity contribution >= 4 is 16.3 Å². The zero-order valence-electron chi connectivity index (χ0n) is 36.9. The Labute approximate surface area is 362 Å². The third kappa shape index (κ3) is 28.6. The number of aliphatic hydroxyl groups is 5. The first kappa shape index (κ1) is 56.0. The minimum absolute atomic E-state index is 0.223. The molecule has 1 rings (SSSR count). The van der Waals surface area contributed by atoms with Crippen LogP contribution in [0, 0.1) is 0 Å². The van der Waals surface area contributed by atoms with Crippen molar-refractivity contribution in [3.63, 3.8) is 0 Å². The largest absolute Gasteiger partial charge is 0.397 e. The molecule has 0 spiro atoms. The molecule has 8 atom stereocenters. The number of hydrogen-bond acceptors (Lipinski definition) is 11. The van der Waals surface area contributed by atoms with E-state index in [0.29, 0.717) is 12.8 Å². The van der Waals surface area contributed by atoms with Crippen molar-refractivity contribution in [1.29, 1.82) is 0 Å². The Morgan fingerprint density at radius 3 is 1.73 bits per heavy atom. The van der Waals surface area contributed by atoms with Crippen LogP contribution in [0.2, 0.25) is 0 Å². The minimum atomic E-state index is -5.12. The highest BCUT2D eigenvalue weighted by Crippen LogP contribution is 2.26. The molecule has 60 heavy (non-hydrogen) atoms. The van der Waals surface area contributed by atoms with Crippen LogP contribution >= 0.6 is 0 Å². The van der Waals surface area contributed by atoms with Crippen molar-refractivity contribution in [3.05, 3.63) is 48.6 Å². The van der Waals surface area contributed by atoms with E-state index in [1.807, 2.05) is 0 Å². The number of allylic oxidation sites excluding steroid dienone is 7. The lowest BCUT2D eigenvalue weighted by molar-refractivity contribution is -0.298. The summed E-state index contributed by atoms with van der Waals surface area (Å²) >= 11 is 0. The second-order valence-corrected chi connectivity index (χ2v) is 17.2. The molecule has 1 heterocycles. The molecular formula is C46H83NO12S. The number of amides is 1. The van der Waals surface area contributed by atoms with Gasteiger partial charge in [-0.15, -0.1) is 0 Å². The summed E-state index contributed by atoms with van der Waals surface area (Å²) in [5, 5.41) is 55.1. The van der Waals surface area contributed by atoms with E-state index < -0.39 is 78.5 Å². The van der Waals surface area contributed by atoms with E-state index in [0.717, 1.165) is 70.6 Å². The highest BCUT2D eigenvalue weighted by molar-refractivity contribution is 7.80. The van der Waals surface area contributed by atoms with Crippen molar-refractivity contribution < 1.29 is 57.0 Å². The summed E-state index contributed by atoms with van der Waals surface area (Å²) < 4.78 is 47.5. The van der Waals surface area contributed by atoms with Gasteiger partial charge in [0.25, 0.3) is 0 Å². The molecule has 1 fully saturated rings. The maximum Gasteiger partial charge on any atom is 0.397 e. The average Bonchev–Trinajstić information content (AvgIpc) is 3.22. The van der Waals surface area contributed by atoms with Gasteiger partial charge >= 0.3 is 10.4 Å². The van der Waals surface area contributed by atoms with Gasteiger partial charge in [-0.2, -0.15) is 8.42 Å². The molecule has 0 saturated carbocycles. The molecule has 0 aliphatic carbocycles. The molecule has 0 aromatic carbocycles. The summed E-state index contributed by atoms with van der Waals surface area (Å²) in [6.07, 6.45) is 31.9. The van der Waals surface area contributed by atoms with Crippen LogP contribution < -0.4 is 5.32 Å². The molecule has 1 aliphatic rings. The second-order valence-electron chi connectivity index (χ2n) is 16.1. The summed E-state index contributed by atoms with van der Waals surface area (Å²) in [7, 11) is -5.12. The zero-order chi connectivity index (χ0) is 44.3. The van der Waals surface area contributed by atoms with Crippen LogP contribution in [0.3, 0.4) is 0 Å². The number of carbonyl (C=O) groups excluding carboxylic acids is 1. The predicted octanol–water partition coefficient (Wildman–Crippen LogP) is 7.85. The van der Waals surface area contributed by atoms with Crippen molar-refractivity contribution in [2.45, 2.75) is 223 Å². The Bertz CT molecular complexity index is 1280. The van der Waals surface area contributed by atoms with Gasteiger partial charge in [-0.1, -0.05) is 159 Å². The third-order valence-electron chi connectivity index (χ3n) is 10.7. The highest BCUT2D eigenvalue weighted by atomic mass is 32.3. The van der Waals surface area contributed by atoms with Crippen molar-refractivity contribution in [1.82, 2.24) is 5.32 Å². The van der Waals surface area contributed by atoms with Crippen molar-refractivity contribution in [2.24, 2.45) is 0 Å². The standard InChI is InChI=1S/C46H83NO12S/c1-3-5-7-9-11-13-15-17-19-21-23-25-27-29-31-33-35-40(50)45(53)47-38(37-57-46-43(52)44(59-60(54,55)56)42(51)41(36-48)58-46)39(49)34-32-30-28-26-24-22-20-18-16-14-12-10-8-6-4-2/h11,13,17,19,24,26,32,34,38-44,46,48-52H,3-10,12,14-16,18,20-23,25,27-31,33,35-37H2,1-2H3,(H,47,53)(H,54,55,56)/b13-11-,19-17-,26-24+,34-32+. The lowest BCUT2D eigenvalue weighted by atomic mass is 9.99. The predicted molar refractivity (Wildman–Crippen MR) is 237 cm³/mol. The maximum atomic E-state index is 13.1. The van der Waals surface area contributed by atoms with Gasteiger partial charge < -0.3 is 40.3 Å². The second kappa shape index (κ2) is 36.5. The van der Waals surface area contributed by atoms with Crippen LogP contribution in [0.5, 0.6) is 0 Å². The van der Waals surface area contributed by atoms with Crippen LogP contribution in [0.4, 0.5) is 0 Å². The third-order valence-corrected chi connectivity index (χ3v) is 11.2. The number of hydrogen-bond donors (Lipinski definition) is 7. The molecule has 0 bridgehead atoms. The molecule has 1 saturated heterocycles. The molecule has 14 heteroatoms. The number of unbranched alkanes of at least 4 members (excludes halogenated alkanes) is 19. The maximum absolute atomic E-state index is 13.1. The number of rotatable bonds is 38. The van der Waals surface area contributed by atoms with E-state index in [1.165, 1.54) is 76.7 Å². The monoisotopic (exact) mass is 874 g/mol. The van der Waals surface area contributed by atoms with E-state index in [2.05, 4.69) is 59.8 Å². The molecule has 1 amide bonds. The van der Waals surface area contributed by atoms with Crippen LogP contribution in [0.25, 0.3) is 0 Å². The summed E-state index contributed by atoms with van der Waals surface area (Å²) in [6, 6.07) is -1.14. The minimum Gasteiger partial charge on any atom is -0.394 e. The molecule has 8 unspecified atom stereocenters. The molecule has 1 aliphatic heterocycles. The van der Waals surface area contributed by atoms with Gasteiger partial charge in [0.1, 0.15) is 30.5 Å². The van der Waals surface area contributed by atoms with E-state index in [-0.39, 0.29) is 6.42 Å². The lowest BCUT2D eigenvalue weighted by Crippen LogP contribution is -2.61. The first-order valence-electron chi connectivity index (χ1n) is 23.1. The van der Waals surface area contributed by atoms with Gasteiger partial charge in [0, 0.05) is 0 Å². The van der Waals surface area contributed by atoms with Gasteiger partial charge in [0.15, 0.2) is 6.29 Å². The SMILES string of the molecule is CCCCC/C=C\C/C=C\CCCCCCCCC(O)C(=O)NC(COC1OC(CO)C(O)C(OS(=O)(=O)O)C1O)C(O)/C=C/CC/C=C/CCCCCCCCCCC. The molecule has 0 aromatic heterocycles. The molecule has 0 radical (unpaired) electrons. The van der Waals surface area contributed by atoms with Crippen LogP contribution in [-0.2, 0) is 28.9 Å². The Hall–Kier alpha value is -1.98. The van der Waals surface area contributed by atoms with E-state index in [1.54, 1.807) is 6.08 Å². The van der Waals surface area contributed by atoms with Gasteiger partial charge in [-0.05, 0) is 64.2 Å². The number of ether oxygens (including phenoxy) is 2. The molecule has 0 aromatic rings. The first-order valence-corrected chi connectivity index (χ1v) is 24.5. The smallest absolute Gasteiger partial charge is 0.394 e. The van der Waals surface area contributed by atoms with Crippen LogP contribution in [-0.4, -0.2) is 107 Å². The highest BCUT2D eigenvalue weighted by Gasteiger charge is 2.48. The van der Waals surface area contributed by atoms with Crippen LogP contribution in [0.1, 0.15) is 174 Å². The first-order chi connectivity index (χ1) is 28.9. The number of aliphatic hydroxyl groups excluding tert-OH is 5. The summed E-state index contributed by atoms with van der Waals surface area (Å²) in [6.45, 7) is 3.15. The topological polar surface area (TPSA) is 212 Å². The van der Waals surface area contributed by atoms with Crippen molar-refractivity contribution in [3.8, 4) is 0 Å². The summed E-state index contributed by atoms with van der Waals surface area (Å²) in [4.78, 5) is 13.1. The Morgan fingerprint density at radius 2 is 1.17 bits per heavy atom. The van der Waals surface area contributed by atoms with Gasteiger partial charge in [-0.25, -0.2) is 4.18 Å². The Kier molecular flexibility index (Phi) is 34.1. The Morgan fingerprint density at radius 1 is 0.683 bits per heavy atom. The molecule has 13 nitrogen and oxygen atoms in total. The average molecular weight is 874 g/mol. The molecule has 350 valence electrons. The fraction of sp³-hybridized carbons (Fsp3) is 0.804. The van der Waals surface area contributed by atoms with Crippen molar-refractivity contribution in [2.75, 3.05) is 13.2 Å². The van der Waals surface area contributed by atoms with E-state index in [9.17, 15) is 43.3 Å². The fourth-order valence-electron chi connectivity index (χ4n) is 6.98. The normalized spacial score (nSPS) is 21.8.